The smallest absolute Gasteiger partial charge is 0.338 e. The molecule has 5 rings (SSSR count). The van der Waals surface area contributed by atoms with Crippen molar-refractivity contribution < 1.29 is 17.9 Å². The second-order valence-corrected chi connectivity index (χ2v) is 13.2. The summed E-state index contributed by atoms with van der Waals surface area (Å²) in [7, 11) is -2.32. The van der Waals surface area contributed by atoms with E-state index < -0.39 is 16.0 Å². The molecule has 2 aromatic carbocycles. The average Bonchev–Trinajstić information content (AvgIpc) is 3.30. The third-order valence-electron chi connectivity index (χ3n) is 6.96. The monoisotopic (exact) mass is 574 g/mol. The normalized spacial score (nSPS) is 17.1. The van der Waals surface area contributed by atoms with Gasteiger partial charge in [0.1, 0.15) is 18.2 Å². The van der Waals surface area contributed by atoms with Crippen molar-refractivity contribution in [3.8, 4) is 11.3 Å². The van der Waals surface area contributed by atoms with Crippen LogP contribution in [0.25, 0.3) is 11.3 Å². The summed E-state index contributed by atoms with van der Waals surface area (Å²) in [6, 6.07) is 15.0. The van der Waals surface area contributed by atoms with E-state index in [2.05, 4.69) is 35.6 Å². The molecule has 0 spiro atoms. The van der Waals surface area contributed by atoms with E-state index in [0.29, 0.717) is 23.8 Å². The Kier molecular flexibility index (Phi) is 7.33. The van der Waals surface area contributed by atoms with Crippen LogP contribution in [0.5, 0.6) is 0 Å². The zero-order valence-corrected chi connectivity index (χ0v) is 24.9. The number of fused-ring (bicyclic) bond motifs is 4. The first-order chi connectivity index (χ1) is 19.3. The van der Waals surface area contributed by atoms with Crippen molar-refractivity contribution in [1.82, 2.24) is 19.7 Å². The molecule has 1 aliphatic rings. The minimum absolute atomic E-state index is 0.0315. The number of ether oxygens (including phenoxy) is 1. The van der Waals surface area contributed by atoms with E-state index in [4.69, 9.17) is 9.72 Å². The summed E-state index contributed by atoms with van der Waals surface area (Å²) in [4.78, 5) is 24.4. The molecule has 0 fully saturated rings. The lowest BCUT2D eigenvalue weighted by molar-refractivity contribution is 0.0462. The van der Waals surface area contributed by atoms with Crippen molar-refractivity contribution in [3.05, 3.63) is 77.5 Å². The van der Waals surface area contributed by atoms with Gasteiger partial charge in [0.25, 0.3) is 10.0 Å². The third-order valence-corrected chi connectivity index (χ3v) is 8.29. The van der Waals surface area contributed by atoms with Crippen molar-refractivity contribution in [3.63, 3.8) is 0 Å². The van der Waals surface area contributed by atoms with Crippen LogP contribution < -0.4 is 9.62 Å². The highest BCUT2D eigenvalue weighted by Crippen LogP contribution is 2.36. The molecule has 1 N–H and O–H groups in total. The fourth-order valence-corrected chi connectivity index (χ4v) is 6.19. The molecule has 1 atom stereocenters. The van der Waals surface area contributed by atoms with Gasteiger partial charge in [0.15, 0.2) is 0 Å². The van der Waals surface area contributed by atoms with E-state index in [1.54, 1.807) is 10.9 Å². The number of rotatable bonds is 3. The van der Waals surface area contributed by atoms with Gasteiger partial charge in [-0.1, -0.05) is 45.0 Å². The zero-order chi connectivity index (χ0) is 29.5. The van der Waals surface area contributed by atoms with Gasteiger partial charge in [-0.2, -0.15) is 10.1 Å². The molecule has 41 heavy (non-hydrogen) atoms. The first kappa shape index (κ1) is 28.3. The lowest BCUT2D eigenvalue weighted by atomic mass is 9.87. The number of hydrogen-bond donors (Lipinski definition) is 1. The quantitative estimate of drug-likeness (QED) is 0.323. The third kappa shape index (κ3) is 5.95. The number of nitrogens with one attached hydrogen (secondary N) is 1. The van der Waals surface area contributed by atoms with Crippen LogP contribution in [0.2, 0.25) is 0 Å². The van der Waals surface area contributed by atoms with E-state index in [-0.39, 0.29) is 34.5 Å². The molecule has 4 bridgehead atoms. The summed E-state index contributed by atoms with van der Waals surface area (Å²) < 4.78 is 37.1. The Morgan fingerprint density at radius 3 is 2.39 bits per heavy atom. The maximum atomic E-state index is 13.5. The number of hydrogen-bond acceptors (Lipinski definition) is 8. The van der Waals surface area contributed by atoms with Crippen LogP contribution in [0.15, 0.2) is 65.7 Å². The van der Waals surface area contributed by atoms with E-state index >= 15 is 0 Å². The first-order valence-electron chi connectivity index (χ1n) is 13.4. The molecule has 11 heteroatoms. The molecule has 0 saturated carbocycles. The number of aryl methyl sites for hydroxylation is 3. The van der Waals surface area contributed by atoms with Gasteiger partial charge in [-0.05, 0) is 55.0 Å². The molecule has 0 radical (unpaired) electrons. The molecule has 0 saturated heterocycles. The number of carbonyl (C=O) groups is 1. The van der Waals surface area contributed by atoms with Crippen LogP contribution >= 0.6 is 0 Å². The van der Waals surface area contributed by atoms with E-state index in [9.17, 15) is 13.2 Å². The predicted molar refractivity (Wildman–Crippen MR) is 158 cm³/mol. The van der Waals surface area contributed by atoms with Crippen LogP contribution in [0, 0.1) is 19.3 Å². The molecule has 1 aliphatic heterocycles. The van der Waals surface area contributed by atoms with Crippen LogP contribution in [0.4, 0.5) is 17.6 Å². The SMILES string of the molecule is Cc1cccc(C)c1-c1cc2nc(n1)NS(=O)(=O)c1cccc(c1)C(=O)OC[C@@H](CC(C)(C)C)N2c1ccnn1C. The molecule has 0 amide bonds. The maximum Gasteiger partial charge on any atom is 0.338 e. The van der Waals surface area contributed by atoms with Gasteiger partial charge in [-0.25, -0.2) is 22.9 Å². The first-order valence-corrected chi connectivity index (χ1v) is 14.8. The highest BCUT2D eigenvalue weighted by molar-refractivity contribution is 7.92. The second kappa shape index (κ2) is 10.6. The molecular formula is C30H34N6O4S. The van der Waals surface area contributed by atoms with Crippen LogP contribution in [-0.2, 0) is 21.8 Å². The maximum absolute atomic E-state index is 13.5. The number of anilines is 3. The number of sulfonamides is 1. The number of esters is 1. The topological polar surface area (TPSA) is 119 Å². The van der Waals surface area contributed by atoms with Crippen molar-refractivity contribution in [2.75, 3.05) is 16.2 Å². The lowest BCUT2D eigenvalue weighted by Crippen LogP contribution is -2.40. The number of carbonyl (C=O) groups excluding carboxylic acids is 1. The van der Waals surface area contributed by atoms with Crippen molar-refractivity contribution in [2.45, 2.75) is 52.0 Å². The number of cyclic esters (lactones) is 1. The van der Waals surface area contributed by atoms with Crippen molar-refractivity contribution in [1.29, 1.82) is 0 Å². The molecule has 214 valence electrons. The zero-order valence-electron chi connectivity index (χ0n) is 24.0. The highest BCUT2D eigenvalue weighted by Gasteiger charge is 2.32. The van der Waals surface area contributed by atoms with Gasteiger partial charge in [-0.3, -0.25) is 4.68 Å². The fourth-order valence-electron chi connectivity index (χ4n) is 5.20. The minimum Gasteiger partial charge on any atom is -0.460 e. The van der Waals surface area contributed by atoms with Crippen LogP contribution in [0.1, 0.15) is 48.7 Å². The summed E-state index contributed by atoms with van der Waals surface area (Å²) in [5, 5.41) is 4.38. The van der Waals surface area contributed by atoms with Gasteiger partial charge in [-0.15, -0.1) is 0 Å². The molecule has 4 aromatic rings. The lowest BCUT2D eigenvalue weighted by Gasteiger charge is -2.36. The summed E-state index contributed by atoms with van der Waals surface area (Å²) >= 11 is 0. The molecule has 10 nitrogen and oxygen atoms in total. The molecule has 2 aromatic heterocycles. The predicted octanol–water partition coefficient (Wildman–Crippen LogP) is 5.41. The molecule has 0 unspecified atom stereocenters. The Hall–Kier alpha value is -4.25. The van der Waals surface area contributed by atoms with Gasteiger partial charge in [0.05, 0.1) is 28.4 Å². The van der Waals surface area contributed by atoms with Crippen molar-refractivity contribution >= 4 is 33.6 Å². The molecule has 3 heterocycles. The van der Waals surface area contributed by atoms with Crippen LogP contribution in [0.3, 0.4) is 0 Å². The van der Waals surface area contributed by atoms with Gasteiger partial charge >= 0.3 is 5.97 Å². The van der Waals surface area contributed by atoms with Gasteiger partial charge in [0, 0.05) is 24.7 Å². The summed E-state index contributed by atoms with van der Waals surface area (Å²) in [6.07, 6.45) is 2.30. The van der Waals surface area contributed by atoms with E-state index in [0.717, 1.165) is 16.7 Å². The number of benzene rings is 2. The average molecular weight is 575 g/mol. The summed E-state index contributed by atoms with van der Waals surface area (Å²) in [5.41, 5.74) is 3.40. The molecule has 0 aliphatic carbocycles. The van der Waals surface area contributed by atoms with Crippen LogP contribution in [-0.4, -0.2) is 46.8 Å². The summed E-state index contributed by atoms with van der Waals surface area (Å²) in [6.45, 7) is 10.3. The minimum atomic E-state index is -4.14. The largest absolute Gasteiger partial charge is 0.460 e. The van der Waals surface area contributed by atoms with Gasteiger partial charge in [0.2, 0.25) is 5.95 Å². The van der Waals surface area contributed by atoms with Crippen molar-refractivity contribution in [2.24, 2.45) is 12.5 Å². The van der Waals surface area contributed by atoms with E-state index in [1.165, 1.54) is 24.3 Å². The highest BCUT2D eigenvalue weighted by atomic mass is 32.2. The fraction of sp³-hybridized carbons (Fsp3) is 0.333. The molecular weight excluding hydrogens is 540 g/mol. The Morgan fingerprint density at radius 2 is 1.73 bits per heavy atom. The summed E-state index contributed by atoms with van der Waals surface area (Å²) in [5.74, 6) is 0.443. The second-order valence-electron chi connectivity index (χ2n) is 11.5. The Bertz CT molecular complexity index is 1700. The number of aromatic nitrogens is 4. The Morgan fingerprint density at radius 1 is 1.02 bits per heavy atom. The van der Waals surface area contributed by atoms with Gasteiger partial charge < -0.3 is 9.64 Å². The van der Waals surface area contributed by atoms with E-state index in [1.807, 2.05) is 56.1 Å². The number of nitrogens with zero attached hydrogens (tertiary/aromatic N) is 5. The Labute approximate surface area is 240 Å². The Balaban J connectivity index is 1.81. The standard InChI is InChI=1S/C30H34N6O4S/c1-19-9-7-10-20(2)27(19)24-16-25-33-29(32-24)34-41(38,39)23-12-8-11-21(15-23)28(37)40-18-22(17-30(3,4)5)36(25)26-13-14-31-35(26)6/h7-16,22H,17-18H2,1-6H3,(H,32,33,34)/t22-/m1/s1.